The fraction of sp³-hybridized carbons (Fsp3) is 0.200. The number of imide groups is 1. The third-order valence-electron chi connectivity index (χ3n) is 4.02. The van der Waals surface area contributed by atoms with Crippen molar-refractivity contribution < 1.29 is 14.3 Å². The standard InChI is InChI=1S/C20H17BrClNO3S/c1-3-12(2)26-17-8-7-13(9-16(17)21)10-18-19(24)23(20(25)27-18)15-6-4-5-14(22)11-15/h4-12H,3H2,1-2H3/b18-10+/t12-/m0/s1. The molecule has 0 spiro atoms. The zero-order valence-electron chi connectivity index (χ0n) is 14.7. The van der Waals surface area contributed by atoms with Crippen LogP contribution >= 0.6 is 39.3 Å². The Hall–Kier alpha value is -1.76. The second-order valence-corrected chi connectivity index (χ2v) is 8.31. The Balaban J connectivity index is 1.84. The van der Waals surface area contributed by atoms with Crippen molar-refractivity contribution in [3.8, 4) is 5.75 Å². The first-order valence-electron chi connectivity index (χ1n) is 8.38. The van der Waals surface area contributed by atoms with Gasteiger partial charge in [0.15, 0.2) is 0 Å². The van der Waals surface area contributed by atoms with E-state index in [4.69, 9.17) is 16.3 Å². The average molecular weight is 467 g/mol. The molecule has 4 nitrogen and oxygen atoms in total. The van der Waals surface area contributed by atoms with Gasteiger partial charge in [-0.15, -0.1) is 0 Å². The monoisotopic (exact) mass is 465 g/mol. The van der Waals surface area contributed by atoms with Gasteiger partial charge in [-0.1, -0.05) is 30.7 Å². The molecule has 2 amide bonds. The average Bonchev–Trinajstić information content (AvgIpc) is 2.90. The summed E-state index contributed by atoms with van der Waals surface area (Å²) >= 11 is 10.4. The highest BCUT2D eigenvalue weighted by atomic mass is 79.9. The minimum absolute atomic E-state index is 0.112. The van der Waals surface area contributed by atoms with Gasteiger partial charge in [-0.25, -0.2) is 4.90 Å². The van der Waals surface area contributed by atoms with Crippen LogP contribution in [0.3, 0.4) is 0 Å². The molecular formula is C20H17BrClNO3S. The molecular weight excluding hydrogens is 450 g/mol. The van der Waals surface area contributed by atoms with Crippen LogP contribution in [0.4, 0.5) is 10.5 Å². The van der Waals surface area contributed by atoms with Crippen molar-refractivity contribution in [1.82, 2.24) is 0 Å². The van der Waals surface area contributed by atoms with E-state index in [0.717, 1.165) is 38.9 Å². The summed E-state index contributed by atoms with van der Waals surface area (Å²) in [4.78, 5) is 26.5. The summed E-state index contributed by atoms with van der Waals surface area (Å²) in [6, 6.07) is 12.3. The first-order chi connectivity index (χ1) is 12.9. The predicted octanol–water partition coefficient (Wildman–Crippen LogP) is 6.52. The van der Waals surface area contributed by atoms with E-state index < -0.39 is 0 Å². The highest BCUT2D eigenvalue weighted by molar-refractivity contribution is 9.10. The first kappa shape index (κ1) is 20.0. The van der Waals surface area contributed by atoms with E-state index >= 15 is 0 Å². The zero-order valence-corrected chi connectivity index (χ0v) is 17.9. The summed E-state index contributed by atoms with van der Waals surface area (Å²) in [5, 5.41) is 0.126. The van der Waals surface area contributed by atoms with Crippen LogP contribution in [0.25, 0.3) is 6.08 Å². The molecule has 1 atom stereocenters. The SMILES string of the molecule is CC[C@H](C)Oc1ccc(/C=C2/SC(=O)N(c3cccc(Cl)c3)C2=O)cc1Br. The van der Waals surface area contributed by atoms with E-state index in [0.29, 0.717) is 15.6 Å². The Morgan fingerprint density at radius 3 is 2.70 bits per heavy atom. The molecule has 1 fully saturated rings. The van der Waals surface area contributed by atoms with Crippen molar-refractivity contribution in [2.45, 2.75) is 26.4 Å². The number of rotatable bonds is 5. The van der Waals surface area contributed by atoms with Crippen LogP contribution in [0.2, 0.25) is 5.02 Å². The third-order valence-corrected chi connectivity index (χ3v) is 5.74. The summed E-state index contributed by atoms with van der Waals surface area (Å²) in [7, 11) is 0. The molecule has 0 aliphatic carbocycles. The van der Waals surface area contributed by atoms with Crippen LogP contribution in [-0.4, -0.2) is 17.3 Å². The lowest BCUT2D eigenvalue weighted by atomic mass is 10.2. The Labute approximate surface area is 175 Å². The van der Waals surface area contributed by atoms with Gasteiger partial charge < -0.3 is 4.74 Å². The molecule has 0 aromatic heterocycles. The van der Waals surface area contributed by atoms with Gasteiger partial charge in [0, 0.05) is 5.02 Å². The second-order valence-electron chi connectivity index (χ2n) is 6.02. The number of amides is 2. The molecule has 1 aliphatic heterocycles. The molecule has 7 heteroatoms. The van der Waals surface area contributed by atoms with Crippen LogP contribution in [-0.2, 0) is 4.79 Å². The summed E-state index contributed by atoms with van der Waals surface area (Å²) < 4.78 is 6.63. The third kappa shape index (κ3) is 4.57. The van der Waals surface area contributed by atoms with Crippen molar-refractivity contribution in [3.63, 3.8) is 0 Å². The molecule has 140 valence electrons. The Morgan fingerprint density at radius 2 is 2.04 bits per heavy atom. The Bertz CT molecular complexity index is 931. The van der Waals surface area contributed by atoms with Crippen molar-refractivity contribution in [3.05, 3.63) is 62.4 Å². The van der Waals surface area contributed by atoms with Gasteiger partial charge in [0.25, 0.3) is 11.1 Å². The van der Waals surface area contributed by atoms with Gasteiger partial charge >= 0.3 is 0 Å². The van der Waals surface area contributed by atoms with Crippen LogP contribution in [0.5, 0.6) is 5.75 Å². The van der Waals surface area contributed by atoms with E-state index in [9.17, 15) is 9.59 Å². The number of benzene rings is 2. The van der Waals surface area contributed by atoms with Crippen LogP contribution in [0.15, 0.2) is 51.8 Å². The quantitative estimate of drug-likeness (QED) is 0.471. The first-order valence-corrected chi connectivity index (χ1v) is 10.4. The molecule has 0 unspecified atom stereocenters. The van der Waals surface area contributed by atoms with Gasteiger partial charge in [0.05, 0.1) is 21.2 Å². The number of thioether (sulfide) groups is 1. The molecule has 3 rings (SSSR count). The number of hydrogen-bond acceptors (Lipinski definition) is 4. The summed E-state index contributed by atoms with van der Waals surface area (Å²) in [6.07, 6.45) is 2.72. The molecule has 0 radical (unpaired) electrons. The maximum absolute atomic E-state index is 12.7. The van der Waals surface area contributed by atoms with E-state index in [-0.39, 0.29) is 17.3 Å². The minimum Gasteiger partial charge on any atom is -0.490 e. The van der Waals surface area contributed by atoms with Crippen molar-refractivity contribution in [2.75, 3.05) is 4.90 Å². The maximum Gasteiger partial charge on any atom is 0.298 e. The van der Waals surface area contributed by atoms with Gasteiger partial charge in [0.2, 0.25) is 0 Å². The van der Waals surface area contributed by atoms with Crippen LogP contribution in [0.1, 0.15) is 25.8 Å². The minimum atomic E-state index is -0.358. The molecule has 0 N–H and O–H groups in total. The van der Waals surface area contributed by atoms with E-state index in [1.807, 2.05) is 25.1 Å². The summed E-state index contributed by atoms with van der Waals surface area (Å²) in [6.45, 7) is 4.06. The fourth-order valence-electron chi connectivity index (χ4n) is 2.46. The van der Waals surface area contributed by atoms with Gasteiger partial charge in [-0.2, -0.15) is 0 Å². The maximum atomic E-state index is 12.7. The van der Waals surface area contributed by atoms with Gasteiger partial charge in [0.1, 0.15) is 5.75 Å². The molecule has 2 aromatic rings. The molecule has 1 saturated heterocycles. The van der Waals surface area contributed by atoms with Crippen LogP contribution in [0, 0.1) is 0 Å². The van der Waals surface area contributed by atoms with Gasteiger partial charge in [-0.3, -0.25) is 9.59 Å². The smallest absolute Gasteiger partial charge is 0.298 e. The number of halogens is 2. The number of carbonyl (C=O) groups is 2. The fourth-order valence-corrected chi connectivity index (χ4v) is 3.98. The largest absolute Gasteiger partial charge is 0.490 e. The van der Waals surface area contributed by atoms with Crippen molar-refractivity contribution in [2.24, 2.45) is 0 Å². The Morgan fingerprint density at radius 1 is 1.26 bits per heavy atom. The molecule has 2 aromatic carbocycles. The molecule has 0 saturated carbocycles. The normalized spacial score (nSPS) is 16.9. The van der Waals surface area contributed by atoms with Gasteiger partial charge in [-0.05, 0) is 83.0 Å². The van der Waals surface area contributed by atoms with Crippen LogP contribution < -0.4 is 9.64 Å². The molecule has 1 heterocycles. The van der Waals surface area contributed by atoms with Crippen molar-refractivity contribution in [1.29, 1.82) is 0 Å². The second kappa shape index (κ2) is 8.50. The lowest BCUT2D eigenvalue weighted by Gasteiger charge is -2.14. The lowest BCUT2D eigenvalue weighted by molar-refractivity contribution is -0.113. The zero-order chi connectivity index (χ0) is 19.6. The summed E-state index contributed by atoms with van der Waals surface area (Å²) in [5.41, 5.74) is 1.27. The lowest BCUT2D eigenvalue weighted by Crippen LogP contribution is -2.27. The van der Waals surface area contributed by atoms with E-state index in [2.05, 4.69) is 22.9 Å². The van der Waals surface area contributed by atoms with E-state index in [1.165, 1.54) is 0 Å². The highest BCUT2D eigenvalue weighted by Gasteiger charge is 2.36. The molecule has 0 bridgehead atoms. The number of carbonyl (C=O) groups excluding carboxylic acids is 2. The summed E-state index contributed by atoms with van der Waals surface area (Å²) in [5.74, 6) is 0.386. The molecule has 1 aliphatic rings. The van der Waals surface area contributed by atoms with E-state index in [1.54, 1.807) is 30.3 Å². The molecule has 27 heavy (non-hydrogen) atoms. The number of hydrogen-bond donors (Lipinski definition) is 0. The Kier molecular flexibility index (Phi) is 6.29. The number of anilines is 1. The number of ether oxygens (including phenoxy) is 1. The van der Waals surface area contributed by atoms with Crippen molar-refractivity contribution >= 4 is 62.2 Å². The number of nitrogens with zero attached hydrogens (tertiary/aromatic N) is 1. The topological polar surface area (TPSA) is 46.6 Å². The predicted molar refractivity (Wildman–Crippen MR) is 114 cm³/mol. The highest BCUT2D eigenvalue weighted by Crippen LogP contribution is 2.37.